The van der Waals surface area contributed by atoms with Gasteiger partial charge in [-0.05, 0) is 41.7 Å². The minimum Gasteiger partial charge on any atom is -0.508 e. The van der Waals surface area contributed by atoms with Crippen molar-refractivity contribution in [1.82, 2.24) is 15.4 Å². The molecule has 0 saturated carbocycles. The van der Waals surface area contributed by atoms with Gasteiger partial charge in [0.2, 0.25) is 11.8 Å². The molecule has 38 heavy (non-hydrogen) atoms. The third-order valence-electron chi connectivity index (χ3n) is 5.46. The molecule has 202 valence electrons. The lowest BCUT2D eigenvalue weighted by molar-refractivity contribution is -0.127. The number of phenolic OH excluding ortho intramolecular Hbond substituents is 1. The number of nitrogen functional groups attached to an aromatic ring is 1. The molecular formula is C29H37N5O3S. The Morgan fingerprint density at radius 1 is 0.895 bits per heavy atom. The van der Waals surface area contributed by atoms with Crippen LogP contribution in [0.5, 0.6) is 5.75 Å². The number of hydrogen-bond acceptors (Lipinski definition) is 6. The number of rotatable bonds is 13. The zero-order valence-corrected chi connectivity index (χ0v) is 22.7. The second-order valence-electron chi connectivity index (χ2n) is 8.25. The topological polar surface area (TPSA) is 140 Å². The summed E-state index contributed by atoms with van der Waals surface area (Å²) in [6.07, 6.45) is 1.17. The van der Waals surface area contributed by atoms with Crippen molar-refractivity contribution in [3.63, 3.8) is 0 Å². The van der Waals surface area contributed by atoms with E-state index in [0.717, 1.165) is 16.7 Å². The third-order valence-corrected chi connectivity index (χ3v) is 6.39. The van der Waals surface area contributed by atoms with Crippen LogP contribution in [-0.4, -0.2) is 35.3 Å². The smallest absolute Gasteiger partial charge is 0.239 e. The maximum atomic E-state index is 12.9. The van der Waals surface area contributed by atoms with Gasteiger partial charge in [0, 0.05) is 17.9 Å². The first-order valence-electron chi connectivity index (χ1n) is 12.6. The van der Waals surface area contributed by atoms with Crippen LogP contribution < -0.4 is 21.1 Å². The van der Waals surface area contributed by atoms with Gasteiger partial charge in [-0.25, -0.2) is 0 Å². The van der Waals surface area contributed by atoms with E-state index >= 15 is 0 Å². The molecule has 1 atom stereocenters. The van der Waals surface area contributed by atoms with E-state index in [-0.39, 0.29) is 29.9 Å². The summed E-state index contributed by atoms with van der Waals surface area (Å²) < 4.78 is 3.24. The highest BCUT2D eigenvalue weighted by Crippen LogP contribution is 2.14. The number of aromatic hydroxyl groups is 1. The summed E-state index contributed by atoms with van der Waals surface area (Å²) in [5.41, 5.74) is 9.09. The number of amidine groups is 1. The monoisotopic (exact) mass is 535 g/mol. The van der Waals surface area contributed by atoms with Crippen molar-refractivity contribution >= 4 is 29.6 Å². The fourth-order valence-electron chi connectivity index (χ4n) is 3.37. The normalized spacial score (nSPS) is 11.0. The number of phenols is 1. The highest BCUT2D eigenvalue weighted by molar-refractivity contribution is 7.96. The zero-order valence-electron chi connectivity index (χ0n) is 21.9. The number of aryl methyl sites for hydroxylation is 1. The van der Waals surface area contributed by atoms with Crippen molar-refractivity contribution in [1.29, 1.82) is 5.41 Å². The molecule has 8 nitrogen and oxygen atoms in total. The van der Waals surface area contributed by atoms with E-state index in [4.69, 9.17) is 11.1 Å². The van der Waals surface area contributed by atoms with E-state index in [2.05, 4.69) is 15.4 Å². The predicted molar refractivity (Wildman–Crippen MR) is 155 cm³/mol. The van der Waals surface area contributed by atoms with Gasteiger partial charge < -0.3 is 21.5 Å². The number of carbonyl (C=O) groups excluding carboxylic acids is 2. The Labute approximate surface area is 229 Å². The number of benzene rings is 3. The molecule has 0 spiro atoms. The number of amides is 2. The Balaban J connectivity index is 0.00000247. The summed E-state index contributed by atoms with van der Waals surface area (Å²) in [5, 5.41) is 22.4. The lowest BCUT2D eigenvalue weighted by atomic mass is 10.1. The van der Waals surface area contributed by atoms with Gasteiger partial charge >= 0.3 is 0 Å². The molecular weight excluding hydrogens is 498 g/mol. The van der Waals surface area contributed by atoms with Crippen molar-refractivity contribution in [2.24, 2.45) is 5.73 Å². The first-order valence-corrected chi connectivity index (χ1v) is 13.6. The molecule has 0 aromatic heterocycles. The highest BCUT2D eigenvalue weighted by atomic mass is 32.2. The molecule has 3 aromatic carbocycles. The van der Waals surface area contributed by atoms with Crippen molar-refractivity contribution in [2.75, 3.05) is 6.54 Å². The molecule has 0 bridgehead atoms. The minimum atomic E-state index is -0.501. The molecule has 0 heterocycles. The van der Waals surface area contributed by atoms with Crippen LogP contribution in [0.3, 0.4) is 0 Å². The SMILES string of the molecule is CC.N=C(N)c1ccc(CNC(=O)CNC(=O)C(CCc2ccc(O)cc2)NSCc2ccccc2)cc1. The van der Waals surface area contributed by atoms with Gasteiger partial charge in [0.15, 0.2) is 0 Å². The lowest BCUT2D eigenvalue weighted by Gasteiger charge is -2.18. The molecule has 0 fully saturated rings. The van der Waals surface area contributed by atoms with Gasteiger partial charge in [-0.3, -0.25) is 19.7 Å². The van der Waals surface area contributed by atoms with E-state index in [0.29, 0.717) is 30.7 Å². The standard InChI is InChI=1S/C27H31N5O3S.C2H6/c28-26(29)22-11-6-20(7-12-22)16-30-25(34)17-31-27(35)24(15-10-19-8-13-23(33)14-9-19)32-36-18-21-4-2-1-3-5-21;1-2/h1-9,11-14,24,32-33H,10,15-18H2,(H3,28,29)(H,30,34)(H,31,35);1-2H3. The third kappa shape index (κ3) is 11.1. The number of carbonyl (C=O) groups is 2. The maximum absolute atomic E-state index is 12.9. The summed E-state index contributed by atoms with van der Waals surface area (Å²) in [6, 6.07) is 23.4. The average molecular weight is 536 g/mol. The Bertz CT molecular complexity index is 1140. The average Bonchev–Trinajstić information content (AvgIpc) is 2.95. The molecule has 2 amide bonds. The molecule has 0 aliphatic carbocycles. The van der Waals surface area contributed by atoms with E-state index in [9.17, 15) is 14.7 Å². The molecule has 0 aliphatic heterocycles. The number of hydrogen-bond donors (Lipinski definition) is 6. The Hall–Kier alpha value is -3.82. The van der Waals surface area contributed by atoms with Gasteiger partial charge in [0.05, 0.1) is 12.6 Å². The largest absolute Gasteiger partial charge is 0.508 e. The van der Waals surface area contributed by atoms with E-state index < -0.39 is 6.04 Å². The molecule has 0 saturated heterocycles. The Morgan fingerprint density at radius 3 is 2.16 bits per heavy atom. The summed E-state index contributed by atoms with van der Waals surface area (Å²) in [7, 11) is 0. The second kappa shape index (κ2) is 16.8. The van der Waals surface area contributed by atoms with Crippen LogP contribution in [0.2, 0.25) is 0 Å². The van der Waals surface area contributed by atoms with Gasteiger partial charge in [0.25, 0.3) is 0 Å². The van der Waals surface area contributed by atoms with Gasteiger partial charge in [0.1, 0.15) is 11.6 Å². The van der Waals surface area contributed by atoms with E-state index in [1.54, 1.807) is 36.4 Å². The fourth-order valence-corrected chi connectivity index (χ4v) is 4.24. The molecule has 7 N–H and O–H groups in total. The summed E-state index contributed by atoms with van der Waals surface area (Å²) in [4.78, 5) is 25.2. The van der Waals surface area contributed by atoms with Gasteiger partial charge in [-0.1, -0.05) is 92.5 Å². The second-order valence-corrected chi connectivity index (χ2v) is 9.07. The molecule has 1 unspecified atom stereocenters. The summed E-state index contributed by atoms with van der Waals surface area (Å²) in [5.74, 6) is 0.338. The lowest BCUT2D eigenvalue weighted by Crippen LogP contribution is -2.45. The first kappa shape index (κ1) is 30.4. The first-order chi connectivity index (χ1) is 18.4. The molecule has 3 rings (SSSR count). The minimum absolute atomic E-state index is 0.0104. The van der Waals surface area contributed by atoms with Crippen molar-refractivity contribution in [3.05, 3.63) is 101 Å². The number of nitrogens with two attached hydrogens (primary N) is 1. The predicted octanol–water partition coefficient (Wildman–Crippen LogP) is 3.87. The van der Waals surface area contributed by atoms with Gasteiger partial charge in [-0.15, -0.1) is 0 Å². The van der Waals surface area contributed by atoms with E-state index in [1.165, 1.54) is 11.9 Å². The van der Waals surface area contributed by atoms with Crippen LogP contribution in [0, 0.1) is 5.41 Å². The number of nitrogens with one attached hydrogen (secondary N) is 4. The maximum Gasteiger partial charge on any atom is 0.239 e. The summed E-state index contributed by atoms with van der Waals surface area (Å²) in [6.45, 7) is 4.17. The quantitative estimate of drug-likeness (QED) is 0.112. The molecule has 0 aliphatic rings. The fraction of sp³-hybridized carbons (Fsp3) is 0.276. The molecule has 9 heteroatoms. The van der Waals surface area contributed by atoms with Crippen molar-refractivity contribution < 1.29 is 14.7 Å². The van der Waals surface area contributed by atoms with Crippen LogP contribution >= 0.6 is 11.9 Å². The van der Waals surface area contributed by atoms with Crippen LogP contribution in [0.15, 0.2) is 78.9 Å². The zero-order chi connectivity index (χ0) is 27.8. The van der Waals surface area contributed by atoms with Gasteiger partial charge in [-0.2, -0.15) is 0 Å². The molecule has 3 aromatic rings. The molecule has 0 radical (unpaired) electrons. The Morgan fingerprint density at radius 2 is 1.53 bits per heavy atom. The van der Waals surface area contributed by atoms with E-state index in [1.807, 2.05) is 56.3 Å². The van der Waals surface area contributed by atoms with Crippen LogP contribution in [0.25, 0.3) is 0 Å². The highest BCUT2D eigenvalue weighted by Gasteiger charge is 2.19. The summed E-state index contributed by atoms with van der Waals surface area (Å²) >= 11 is 1.45. The van der Waals surface area contributed by atoms with Crippen LogP contribution in [0.1, 0.15) is 42.5 Å². The van der Waals surface area contributed by atoms with Crippen LogP contribution in [-0.2, 0) is 28.3 Å². The van der Waals surface area contributed by atoms with Crippen molar-refractivity contribution in [3.8, 4) is 5.75 Å². The van der Waals surface area contributed by atoms with Crippen LogP contribution in [0.4, 0.5) is 0 Å². The van der Waals surface area contributed by atoms with Crippen molar-refractivity contribution in [2.45, 2.75) is 45.0 Å². The Kier molecular flexibility index (Phi) is 13.5.